The average molecular weight is 711 g/mol. The van der Waals surface area contributed by atoms with Gasteiger partial charge in [0.25, 0.3) is 0 Å². The quantitative estimate of drug-likeness (QED) is 0.0630. The van der Waals surface area contributed by atoms with Gasteiger partial charge in [0.2, 0.25) is 5.78 Å². The smallest absolute Gasteiger partial charge is 0.344 e. The summed E-state index contributed by atoms with van der Waals surface area (Å²) >= 11 is 3.01. The number of esters is 1. The van der Waals surface area contributed by atoms with Gasteiger partial charge in [0.15, 0.2) is 17.5 Å². The molecule has 0 atom stereocenters. The highest BCUT2D eigenvalue weighted by atomic mass is 32.1. The van der Waals surface area contributed by atoms with Gasteiger partial charge >= 0.3 is 5.97 Å². The summed E-state index contributed by atoms with van der Waals surface area (Å²) in [5, 5.41) is 2.62. The molecule has 2 aromatic heterocycles. The first-order chi connectivity index (χ1) is 23.9. The van der Waals surface area contributed by atoms with Crippen LogP contribution in [0.5, 0.6) is 11.5 Å². The lowest BCUT2D eigenvalue weighted by Gasteiger charge is -2.26. The van der Waals surface area contributed by atoms with Crippen LogP contribution in [0.3, 0.4) is 0 Å². The highest BCUT2D eigenvalue weighted by molar-refractivity contribution is 7.25. The summed E-state index contributed by atoms with van der Waals surface area (Å²) in [6.45, 7) is 7.08. The van der Waals surface area contributed by atoms with Crippen molar-refractivity contribution in [1.29, 1.82) is 0 Å². The molecule has 0 unspecified atom stereocenters. The van der Waals surface area contributed by atoms with Gasteiger partial charge in [-0.05, 0) is 108 Å². The molecule has 0 aliphatic rings. The highest BCUT2D eigenvalue weighted by Crippen LogP contribution is 2.29. The highest BCUT2D eigenvalue weighted by Gasteiger charge is 2.29. The van der Waals surface area contributed by atoms with Gasteiger partial charge in [0.1, 0.15) is 29.3 Å². The Labute approximate surface area is 297 Å². The fraction of sp³-hybridized carbons (Fsp3) is 0.300. The van der Waals surface area contributed by atoms with Gasteiger partial charge in [-0.25, -0.2) is 4.79 Å². The van der Waals surface area contributed by atoms with Crippen LogP contribution in [0.2, 0.25) is 0 Å². The molecule has 50 heavy (non-hydrogen) atoms. The molecule has 0 N–H and O–H groups in total. The van der Waals surface area contributed by atoms with E-state index in [1.807, 2.05) is 62.4 Å². The summed E-state index contributed by atoms with van der Waals surface area (Å²) in [5.41, 5.74) is -1.82. The third kappa shape index (κ3) is 8.04. The second-order valence-corrected chi connectivity index (χ2v) is 15.4. The molecule has 0 fully saturated rings. The Morgan fingerprint density at radius 3 is 1.68 bits per heavy atom. The maximum atomic E-state index is 13.0. The Morgan fingerprint density at radius 2 is 1.12 bits per heavy atom. The molecule has 258 valence electrons. The molecule has 0 saturated heterocycles. The Bertz CT molecular complexity index is 2340. The number of ether oxygens (including phenoxy) is 4. The zero-order valence-electron chi connectivity index (χ0n) is 28.4. The number of unbranched alkanes of at least 4 members (excludes halogenated alkanes) is 1. The molecule has 2 heterocycles. The minimum Gasteiger partial charge on any atom is -0.486 e. The van der Waals surface area contributed by atoms with Crippen LogP contribution in [0.25, 0.3) is 40.3 Å². The van der Waals surface area contributed by atoms with Crippen molar-refractivity contribution < 1.29 is 28.5 Å². The van der Waals surface area contributed by atoms with Crippen molar-refractivity contribution in [2.45, 2.75) is 58.2 Å². The summed E-state index contributed by atoms with van der Waals surface area (Å²) in [6, 6.07) is 25.4. The van der Waals surface area contributed by atoms with Crippen LogP contribution in [-0.4, -0.2) is 42.8 Å². The van der Waals surface area contributed by atoms with Gasteiger partial charge in [-0.1, -0.05) is 24.3 Å². The molecule has 0 radical (unpaired) electrons. The first-order valence-electron chi connectivity index (χ1n) is 16.5. The maximum Gasteiger partial charge on any atom is 0.344 e. The van der Waals surface area contributed by atoms with E-state index in [9.17, 15) is 19.2 Å². The second kappa shape index (κ2) is 14.7. The molecule has 0 amide bonds. The lowest BCUT2D eigenvalue weighted by atomic mass is 10.0. The molecule has 6 aromatic rings. The van der Waals surface area contributed by atoms with Crippen molar-refractivity contribution in [3.05, 3.63) is 105 Å². The number of Topliss-reactive ketones (excluding diaryl/α,β-unsaturated/α-hetero) is 1. The number of fused-ring (bicyclic) bond motifs is 4. The third-order valence-electron chi connectivity index (χ3n) is 8.52. The number of ketones is 1. The number of hydrogen-bond acceptors (Lipinski definition) is 10. The SMILES string of the molecule is CC(C)(CCCCOC(C)(C)C(=O)COc1ccc2c(=O)c3ccccc3sc2c1)OC(=O)COc1ccc2c(=O)c3ccccc3sc2c1. The average Bonchev–Trinajstić information content (AvgIpc) is 3.09. The van der Waals surface area contributed by atoms with Crippen LogP contribution in [0.4, 0.5) is 0 Å². The number of hydrogen-bond donors (Lipinski definition) is 0. The van der Waals surface area contributed by atoms with Crippen LogP contribution in [-0.2, 0) is 19.1 Å². The van der Waals surface area contributed by atoms with E-state index in [4.69, 9.17) is 18.9 Å². The summed E-state index contributed by atoms with van der Waals surface area (Å²) in [5.74, 6) is 0.313. The van der Waals surface area contributed by atoms with Gasteiger partial charge in [0, 0.05) is 47.0 Å². The minimum absolute atomic E-state index is 0.0186. The standard InChI is InChI=1S/C40H38O8S2/c1-39(2,48-36(42)24-46-26-16-18-30-34(22-26)50-32-14-8-6-12-28(32)38(30)44)19-9-10-20-47-40(3,4)35(41)23-45-25-15-17-29-33(21-25)49-31-13-7-5-11-27(31)37(29)43/h5-8,11-18,21-22H,9-10,19-20,23-24H2,1-4H3. The summed E-state index contributed by atoms with van der Waals surface area (Å²) < 4.78 is 26.6. The summed E-state index contributed by atoms with van der Waals surface area (Å²) in [7, 11) is 0. The first kappa shape index (κ1) is 35.2. The fourth-order valence-corrected chi connectivity index (χ4v) is 7.86. The van der Waals surface area contributed by atoms with E-state index in [2.05, 4.69) is 0 Å². The first-order valence-corrected chi connectivity index (χ1v) is 18.1. The molecule has 6 rings (SSSR count). The zero-order chi connectivity index (χ0) is 35.5. The Kier molecular flexibility index (Phi) is 10.3. The van der Waals surface area contributed by atoms with E-state index in [0.29, 0.717) is 58.9 Å². The van der Waals surface area contributed by atoms with Crippen molar-refractivity contribution in [3.63, 3.8) is 0 Å². The normalized spacial score (nSPS) is 12.1. The maximum absolute atomic E-state index is 13.0. The van der Waals surface area contributed by atoms with E-state index in [0.717, 1.165) is 18.8 Å². The largest absolute Gasteiger partial charge is 0.486 e. The zero-order valence-corrected chi connectivity index (χ0v) is 30.0. The molecule has 0 aliphatic heterocycles. The number of rotatable bonds is 14. The van der Waals surface area contributed by atoms with Crippen LogP contribution in [0.15, 0.2) is 94.5 Å². The van der Waals surface area contributed by atoms with Crippen LogP contribution in [0.1, 0.15) is 47.0 Å². The van der Waals surface area contributed by atoms with Crippen LogP contribution < -0.4 is 20.3 Å². The van der Waals surface area contributed by atoms with Crippen LogP contribution >= 0.6 is 22.7 Å². The van der Waals surface area contributed by atoms with Gasteiger partial charge in [0.05, 0.1) is 0 Å². The predicted octanol–water partition coefficient (Wildman–Crippen LogP) is 8.46. The summed E-state index contributed by atoms with van der Waals surface area (Å²) in [4.78, 5) is 51.3. The molecule has 8 nitrogen and oxygen atoms in total. The molecule has 10 heteroatoms. The minimum atomic E-state index is -1.05. The Balaban J connectivity index is 0.925. The topological polar surface area (TPSA) is 105 Å². The van der Waals surface area contributed by atoms with Crippen LogP contribution in [0, 0.1) is 0 Å². The van der Waals surface area contributed by atoms with E-state index in [-0.39, 0.29) is 29.9 Å². The monoisotopic (exact) mass is 710 g/mol. The second-order valence-electron chi connectivity index (χ2n) is 13.2. The molecule has 0 spiro atoms. The summed E-state index contributed by atoms with van der Waals surface area (Å²) in [6.07, 6.45) is 1.98. The Hall–Kier alpha value is -4.64. The molecular formula is C40H38O8S2. The Morgan fingerprint density at radius 1 is 0.620 bits per heavy atom. The number of carbonyl (C=O) groups is 2. The number of carbonyl (C=O) groups excluding carboxylic acids is 2. The van der Waals surface area contributed by atoms with E-state index >= 15 is 0 Å². The lowest BCUT2D eigenvalue weighted by Crippen LogP contribution is -2.39. The molecule has 4 aromatic carbocycles. The molecule has 0 aliphatic carbocycles. The van der Waals surface area contributed by atoms with Crippen molar-refractivity contribution in [1.82, 2.24) is 0 Å². The molecule has 0 saturated carbocycles. The predicted molar refractivity (Wildman–Crippen MR) is 201 cm³/mol. The molecular weight excluding hydrogens is 673 g/mol. The third-order valence-corrected chi connectivity index (χ3v) is 10.8. The fourth-order valence-electron chi connectivity index (χ4n) is 5.66. The van der Waals surface area contributed by atoms with Gasteiger partial charge in [-0.15, -0.1) is 22.7 Å². The van der Waals surface area contributed by atoms with Gasteiger partial charge in [-0.2, -0.15) is 0 Å². The van der Waals surface area contributed by atoms with Gasteiger partial charge in [-0.3, -0.25) is 14.4 Å². The van der Waals surface area contributed by atoms with Crippen molar-refractivity contribution in [3.8, 4) is 11.5 Å². The van der Waals surface area contributed by atoms with E-state index in [1.165, 1.54) is 22.7 Å². The van der Waals surface area contributed by atoms with Crippen molar-refractivity contribution in [2.24, 2.45) is 0 Å². The van der Waals surface area contributed by atoms with Crippen molar-refractivity contribution in [2.75, 3.05) is 19.8 Å². The molecule has 0 bridgehead atoms. The number of benzene rings is 4. The lowest BCUT2D eigenvalue weighted by molar-refractivity contribution is -0.159. The van der Waals surface area contributed by atoms with Gasteiger partial charge < -0.3 is 18.9 Å². The van der Waals surface area contributed by atoms with E-state index < -0.39 is 17.2 Å². The van der Waals surface area contributed by atoms with Crippen molar-refractivity contribution >= 4 is 74.8 Å². The van der Waals surface area contributed by atoms with E-state index in [1.54, 1.807) is 50.2 Å².